The molecule has 1 saturated heterocycles. The van der Waals surface area contributed by atoms with E-state index in [1.54, 1.807) is 0 Å². The number of amides is 1. The van der Waals surface area contributed by atoms with Crippen LogP contribution >= 0.6 is 0 Å². The van der Waals surface area contributed by atoms with Gasteiger partial charge in [0.2, 0.25) is 0 Å². The maximum atomic E-state index is 12.8. The Morgan fingerprint density at radius 2 is 2.04 bits per heavy atom. The summed E-state index contributed by atoms with van der Waals surface area (Å²) in [6.45, 7) is 5.77. The van der Waals surface area contributed by atoms with E-state index >= 15 is 0 Å². The van der Waals surface area contributed by atoms with E-state index in [4.69, 9.17) is 14.9 Å². The molecule has 0 bridgehead atoms. The van der Waals surface area contributed by atoms with E-state index in [2.05, 4.69) is 22.1 Å². The quantitative estimate of drug-likeness (QED) is 0.817. The van der Waals surface area contributed by atoms with Crippen LogP contribution in [0.5, 0.6) is 0 Å². The summed E-state index contributed by atoms with van der Waals surface area (Å²) in [7, 11) is 0. The van der Waals surface area contributed by atoms with Crippen molar-refractivity contribution in [2.45, 2.75) is 51.2 Å². The maximum absolute atomic E-state index is 12.8. The highest BCUT2D eigenvalue weighted by atomic mass is 16.6. The first-order valence-electron chi connectivity index (χ1n) is 9.40. The van der Waals surface area contributed by atoms with Crippen LogP contribution in [0.4, 0.5) is 4.79 Å². The number of carbonyl (C=O) groups is 1. The molecule has 1 aliphatic carbocycles. The fourth-order valence-electron chi connectivity index (χ4n) is 4.05. The number of amidine groups is 1. The summed E-state index contributed by atoms with van der Waals surface area (Å²) in [5.41, 5.74) is 3.28. The molecule has 2 aromatic rings. The topological polar surface area (TPSA) is 88.4 Å². The molecule has 1 unspecified atom stereocenters. The molecule has 2 heterocycles. The van der Waals surface area contributed by atoms with Crippen LogP contribution in [0.2, 0.25) is 0 Å². The Kier molecular flexibility index (Phi) is 4.33. The van der Waals surface area contributed by atoms with Crippen molar-refractivity contribution in [2.24, 2.45) is 0 Å². The smallest absolute Gasteiger partial charge is 0.419 e. The molecule has 1 aromatic carbocycles. The van der Waals surface area contributed by atoms with Crippen LogP contribution in [-0.4, -0.2) is 44.7 Å². The number of nitrogens with zero attached hydrogens (tertiary/aromatic N) is 3. The van der Waals surface area contributed by atoms with Gasteiger partial charge in [0, 0.05) is 24.4 Å². The Morgan fingerprint density at radius 3 is 2.75 bits per heavy atom. The van der Waals surface area contributed by atoms with Gasteiger partial charge in [-0.05, 0) is 50.3 Å². The minimum Gasteiger partial charge on any atom is -0.462 e. The molecule has 1 aromatic heterocycles. The summed E-state index contributed by atoms with van der Waals surface area (Å²) in [6.07, 6.45) is 6.72. The van der Waals surface area contributed by atoms with Gasteiger partial charge >= 0.3 is 6.09 Å². The molecule has 1 amide bonds. The SMILES string of the molecule is CC(C)(C)OC(=O)N1C(=N)OCC12CCc1c(cccc1-c1cncnc1)C2. The first-order chi connectivity index (χ1) is 13.3. The van der Waals surface area contributed by atoms with Crippen LogP contribution in [-0.2, 0) is 22.3 Å². The highest BCUT2D eigenvalue weighted by Gasteiger charge is 2.52. The minimum atomic E-state index is -0.631. The zero-order valence-electron chi connectivity index (χ0n) is 16.4. The number of benzene rings is 1. The zero-order chi connectivity index (χ0) is 19.9. The average Bonchev–Trinajstić information content (AvgIpc) is 2.96. The molecular weight excluding hydrogens is 356 g/mol. The fourth-order valence-corrected chi connectivity index (χ4v) is 4.05. The summed E-state index contributed by atoms with van der Waals surface area (Å²) in [6, 6.07) is 6.04. The van der Waals surface area contributed by atoms with Crippen LogP contribution in [0, 0.1) is 5.41 Å². The highest BCUT2D eigenvalue weighted by molar-refractivity contribution is 5.92. The number of nitrogens with one attached hydrogen (secondary N) is 1. The molecule has 1 fully saturated rings. The molecule has 1 spiro atoms. The Morgan fingerprint density at radius 1 is 1.29 bits per heavy atom. The third-order valence-electron chi connectivity index (χ3n) is 5.24. The van der Waals surface area contributed by atoms with Crippen molar-refractivity contribution in [1.82, 2.24) is 14.9 Å². The Bertz CT molecular complexity index is 923. The predicted octanol–water partition coefficient (Wildman–Crippen LogP) is 3.57. The molecule has 1 aliphatic heterocycles. The fraction of sp³-hybridized carbons (Fsp3) is 0.429. The van der Waals surface area contributed by atoms with Crippen molar-refractivity contribution in [3.63, 3.8) is 0 Å². The van der Waals surface area contributed by atoms with Crippen LogP contribution in [0.25, 0.3) is 11.1 Å². The molecule has 0 saturated carbocycles. The number of rotatable bonds is 1. The van der Waals surface area contributed by atoms with Gasteiger partial charge in [-0.25, -0.2) is 19.7 Å². The third-order valence-corrected chi connectivity index (χ3v) is 5.24. The van der Waals surface area contributed by atoms with Crippen LogP contribution in [0.3, 0.4) is 0 Å². The molecular formula is C21H24N4O3. The van der Waals surface area contributed by atoms with Gasteiger partial charge in [0.05, 0.1) is 5.54 Å². The van der Waals surface area contributed by atoms with Gasteiger partial charge in [-0.15, -0.1) is 0 Å². The van der Waals surface area contributed by atoms with E-state index in [1.807, 2.05) is 39.2 Å². The van der Waals surface area contributed by atoms with E-state index in [1.165, 1.54) is 16.8 Å². The molecule has 28 heavy (non-hydrogen) atoms. The number of hydrogen-bond donors (Lipinski definition) is 1. The second-order valence-electron chi connectivity index (χ2n) is 8.38. The summed E-state index contributed by atoms with van der Waals surface area (Å²) in [4.78, 5) is 22.5. The van der Waals surface area contributed by atoms with E-state index in [-0.39, 0.29) is 6.02 Å². The lowest BCUT2D eigenvalue weighted by Gasteiger charge is -2.39. The predicted molar refractivity (Wildman–Crippen MR) is 104 cm³/mol. The lowest BCUT2D eigenvalue weighted by Crippen LogP contribution is -2.55. The summed E-state index contributed by atoms with van der Waals surface area (Å²) in [5.74, 6) is 0. The van der Waals surface area contributed by atoms with Crippen molar-refractivity contribution in [1.29, 1.82) is 5.41 Å². The Labute approximate surface area is 164 Å². The van der Waals surface area contributed by atoms with Crippen LogP contribution in [0.15, 0.2) is 36.9 Å². The first-order valence-corrected chi connectivity index (χ1v) is 9.40. The normalized spacial score (nSPS) is 21.4. The lowest BCUT2D eigenvalue weighted by atomic mass is 9.76. The van der Waals surface area contributed by atoms with Crippen molar-refractivity contribution in [3.8, 4) is 11.1 Å². The minimum absolute atomic E-state index is 0.134. The van der Waals surface area contributed by atoms with Crippen LogP contribution in [0.1, 0.15) is 38.3 Å². The molecule has 1 N–H and O–H groups in total. The van der Waals surface area contributed by atoms with E-state index < -0.39 is 17.2 Å². The number of carbonyl (C=O) groups excluding carboxylic acids is 1. The average molecular weight is 380 g/mol. The summed E-state index contributed by atoms with van der Waals surface area (Å²) < 4.78 is 11.1. The molecule has 1 atom stereocenters. The number of ether oxygens (including phenoxy) is 2. The van der Waals surface area contributed by atoms with Crippen LogP contribution < -0.4 is 0 Å². The van der Waals surface area contributed by atoms with E-state index in [0.29, 0.717) is 19.4 Å². The van der Waals surface area contributed by atoms with Gasteiger partial charge in [-0.3, -0.25) is 5.41 Å². The molecule has 0 radical (unpaired) electrons. The molecule has 4 rings (SSSR count). The maximum Gasteiger partial charge on any atom is 0.419 e. The lowest BCUT2D eigenvalue weighted by molar-refractivity contribution is 0.0205. The molecule has 146 valence electrons. The summed E-state index contributed by atoms with van der Waals surface area (Å²) in [5, 5.41) is 8.15. The van der Waals surface area contributed by atoms with Crippen molar-refractivity contribution < 1.29 is 14.3 Å². The van der Waals surface area contributed by atoms with Crippen molar-refractivity contribution in [2.75, 3.05) is 6.61 Å². The monoisotopic (exact) mass is 380 g/mol. The first kappa shape index (κ1) is 18.4. The van der Waals surface area contributed by atoms with Gasteiger partial charge in [0.1, 0.15) is 18.5 Å². The van der Waals surface area contributed by atoms with Crippen molar-refractivity contribution >= 4 is 12.1 Å². The number of aromatic nitrogens is 2. The highest BCUT2D eigenvalue weighted by Crippen LogP contribution is 2.41. The molecule has 7 heteroatoms. The zero-order valence-corrected chi connectivity index (χ0v) is 16.4. The van der Waals surface area contributed by atoms with Gasteiger partial charge < -0.3 is 9.47 Å². The molecule has 7 nitrogen and oxygen atoms in total. The molecule has 2 aliphatic rings. The second kappa shape index (κ2) is 6.58. The van der Waals surface area contributed by atoms with E-state index in [9.17, 15) is 4.79 Å². The summed E-state index contributed by atoms with van der Waals surface area (Å²) >= 11 is 0. The van der Waals surface area contributed by atoms with Gasteiger partial charge in [-0.2, -0.15) is 0 Å². The third kappa shape index (κ3) is 3.21. The van der Waals surface area contributed by atoms with E-state index in [0.717, 1.165) is 23.1 Å². The Balaban J connectivity index is 1.68. The van der Waals surface area contributed by atoms with Crippen molar-refractivity contribution in [3.05, 3.63) is 48.0 Å². The standard InChI is InChI=1S/C21H24N4O3/c1-20(2,3)28-19(26)25-18(22)27-12-21(25)8-7-17-14(9-21)5-4-6-16(17)15-10-23-13-24-11-15/h4-6,10-11,13,22H,7-9,12H2,1-3H3. The van der Waals surface area contributed by atoms with Gasteiger partial charge in [0.15, 0.2) is 0 Å². The second-order valence-corrected chi connectivity index (χ2v) is 8.38. The van der Waals surface area contributed by atoms with Gasteiger partial charge in [-0.1, -0.05) is 18.2 Å². The largest absolute Gasteiger partial charge is 0.462 e. The number of hydrogen-bond acceptors (Lipinski definition) is 6. The number of fused-ring (bicyclic) bond motifs is 1. The Hall–Kier alpha value is -2.96. The van der Waals surface area contributed by atoms with Gasteiger partial charge in [0.25, 0.3) is 6.02 Å².